The largest absolute Gasteiger partial charge is 0.328 e. The zero-order valence-electron chi connectivity index (χ0n) is 28.9. The van der Waals surface area contributed by atoms with Crippen LogP contribution in [-0.2, 0) is 16.2 Å². The molecular formula is C47H43N. The summed E-state index contributed by atoms with van der Waals surface area (Å²) >= 11 is 0. The number of nitrogens with zero attached hydrogens (tertiary/aromatic N) is 1. The van der Waals surface area contributed by atoms with Crippen LogP contribution in [-0.4, -0.2) is 5.54 Å². The molecule has 0 saturated heterocycles. The van der Waals surface area contributed by atoms with Crippen LogP contribution in [0.5, 0.6) is 0 Å². The van der Waals surface area contributed by atoms with E-state index in [1.165, 1.54) is 67.0 Å². The summed E-state index contributed by atoms with van der Waals surface area (Å²) in [6.45, 7) is 14.5. The van der Waals surface area contributed by atoms with Gasteiger partial charge in [0.25, 0.3) is 0 Å². The van der Waals surface area contributed by atoms with Crippen LogP contribution < -0.4 is 4.90 Å². The number of para-hydroxylation sites is 1. The van der Waals surface area contributed by atoms with Gasteiger partial charge in [-0.3, -0.25) is 0 Å². The maximum Gasteiger partial charge on any atom is 0.0833 e. The number of rotatable bonds is 3. The highest BCUT2D eigenvalue weighted by molar-refractivity contribution is 5.86. The van der Waals surface area contributed by atoms with E-state index in [4.69, 9.17) is 0 Å². The Labute approximate surface area is 286 Å². The maximum atomic E-state index is 2.65. The molecule has 5 aromatic rings. The molecule has 4 unspecified atom stereocenters. The molecule has 236 valence electrons. The van der Waals surface area contributed by atoms with Crippen molar-refractivity contribution in [3.05, 3.63) is 179 Å². The normalized spacial score (nSPS) is 27.3. The smallest absolute Gasteiger partial charge is 0.0833 e. The van der Waals surface area contributed by atoms with Gasteiger partial charge in [-0.05, 0) is 101 Å². The molecule has 0 N–H and O–H groups in total. The molecule has 0 bridgehead atoms. The second kappa shape index (κ2) is 9.83. The summed E-state index contributed by atoms with van der Waals surface area (Å²) in [6.07, 6.45) is 10.0. The lowest BCUT2D eigenvalue weighted by molar-refractivity contribution is 0.441. The second-order valence-corrected chi connectivity index (χ2v) is 15.5. The molecule has 5 aromatic carbocycles. The maximum absolute atomic E-state index is 2.65. The van der Waals surface area contributed by atoms with E-state index >= 15 is 0 Å². The highest BCUT2D eigenvalue weighted by atomic mass is 15.2. The van der Waals surface area contributed by atoms with Crippen molar-refractivity contribution in [3.8, 4) is 22.3 Å². The van der Waals surface area contributed by atoms with Crippen LogP contribution in [0.15, 0.2) is 157 Å². The van der Waals surface area contributed by atoms with Gasteiger partial charge in [-0.1, -0.05) is 148 Å². The minimum absolute atomic E-state index is 0.0634. The first-order valence-electron chi connectivity index (χ1n) is 17.5. The third-order valence-corrected chi connectivity index (χ3v) is 12.4. The summed E-state index contributed by atoms with van der Waals surface area (Å²) in [7, 11) is 0. The molecule has 0 fully saturated rings. The Morgan fingerprint density at radius 2 is 1.19 bits per heavy atom. The first kappa shape index (κ1) is 29.3. The molecule has 0 spiro atoms. The third-order valence-electron chi connectivity index (χ3n) is 12.4. The Bertz CT molecular complexity index is 2210. The fourth-order valence-corrected chi connectivity index (χ4v) is 9.96. The molecule has 3 aliphatic carbocycles. The predicted molar refractivity (Wildman–Crippen MR) is 202 cm³/mol. The lowest BCUT2D eigenvalue weighted by atomic mass is 9.52. The standard InChI is InChI=1S/C47H43N/c1-31-26-27-46(5)39-18-12-13-19-41(39)48(35-24-25-37-36-16-10-11-17-38(36)44(2,3)40(37)30-35)47(6)29-28-45(4,42(31)43(46)47)34-22-20-33(21-23-34)32-14-8-7-9-15-32/h7-31H,1-6H3. The summed E-state index contributed by atoms with van der Waals surface area (Å²) in [5.41, 5.74) is 15.5. The lowest BCUT2D eigenvalue weighted by Gasteiger charge is -2.59. The molecule has 4 atom stereocenters. The zero-order chi connectivity index (χ0) is 33.1. The van der Waals surface area contributed by atoms with Crippen molar-refractivity contribution in [2.45, 2.75) is 63.3 Å². The summed E-state index contributed by atoms with van der Waals surface area (Å²) in [6, 6.07) is 45.4. The van der Waals surface area contributed by atoms with Gasteiger partial charge in [0.1, 0.15) is 0 Å². The minimum atomic E-state index is -0.356. The van der Waals surface area contributed by atoms with Crippen LogP contribution in [0.25, 0.3) is 22.3 Å². The molecule has 1 heteroatoms. The number of allylic oxidation sites excluding steroid dienone is 4. The van der Waals surface area contributed by atoms with E-state index in [2.05, 4.69) is 192 Å². The number of anilines is 2. The summed E-state index contributed by atoms with van der Waals surface area (Å²) in [5, 5.41) is 0. The van der Waals surface area contributed by atoms with Crippen LogP contribution in [0.1, 0.15) is 63.8 Å². The summed E-state index contributed by atoms with van der Waals surface area (Å²) in [5.74, 6) is 0.303. The van der Waals surface area contributed by atoms with E-state index in [1.807, 2.05) is 0 Å². The molecule has 48 heavy (non-hydrogen) atoms. The van der Waals surface area contributed by atoms with Gasteiger partial charge in [-0.15, -0.1) is 0 Å². The Kier molecular flexibility index (Phi) is 5.99. The van der Waals surface area contributed by atoms with Crippen LogP contribution >= 0.6 is 0 Å². The zero-order valence-corrected chi connectivity index (χ0v) is 28.9. The average molecular weight is 622 g/mol. The van der Waals surface area contributed by atoms with Crippen molar-refractivity contribution < 1.29 is 0 Å². The number of fused-ring (bicyclic) bond motifs is 5. The van der Waals surface area contributed by atoms with Gasteiger partial charge in [-0.25, -0.2) is 0 Å². The number of benzene rings is 5. The van der Waals surface area contributed by atoms with Crippen LogP contribution in [0, 0.1) is 5.92 Å². The van der Waals surface area contributed by atoms with E-state index in [9.17, 15) is 0 Å². The van der Waals surface area contributed by atoms with Crippen LogP contribution in [0.4, 0.5) is 11.4 Å². The van der Waals surface area contributed by atoms with Gasteiger partial charge >= 0.3 is 0 Å². The van der Waals surface area contributed by atoms with Gasteiger partial charge in [0.15, 0.2) is 0 Å². The molecule has 4 aliphatic rings. The lowest BCUT2D eigenvalue weighted by Crippen LogP contribution is -2.58. The quantitative estimate of drug-likeness (QED) is 0.181. The van der Waals surface area contributed by atoms with E-state index in [-0.39, 0.29) is 21.8 Å². The molecule has 0 saturated carbocycles. The minimum Gasteiger partial charge on any atom is -0.328 e. The van der Waals surface area contributed by atoms with Crippen molar-refractivity contribution in [2.24, 2.45) is 5.92 Å². The van der Waals surface area contributed by atoms with E-state index in [1.54, 1.807) is 0 Å². The monoisotopic (exact) mass is 621 g/mol. The first-order valence-corrected chi connectivity index (χ1v) is 17.5. The SMILES string of the molecule is CC1C=CC2(C)C3=C1C(C)(c1ccc(-c4ccccc4)cc1)C=CC3(C)N(c1ccc3c(c1)C(C)(C)c1ccccc1-3)c1ccccc12. The van der Waals surface area contributed by atoms with Gasteiger partial charge in [0, 0.05) is 27.6 Å². The Hall–Kier alpha value is -4.88. The molecule has 1 aliphatic heterocycles. The summed E-state index contributed by atoms with van der Waals surface area (Å²) < 4.78 is 0. The van der Waals surface area contributed by atoms with Crippen molar-refractivity contribution in [1.29, 1.82) is 0 Å². The van der Waals surface area contributed by atoms with Crippen LogP contribution in [0.2, 0.25) is 0 Å². The Morgan fingerprint density at radius 1 is 0.542 bits per heavy atom. The van der Waals surface area contributed by atoms with Crippen LogP contribution in [0.3, 0.4) is 0 Å². The average Bonchev–Trinajstić information content (AvgIpc) is 3.34. The molecule has 0 radical (unpaired) electrons. The molecule has 0 amide bonds. The van der Waals surface area contributed by atoms with E-state index in [0.29, 0.717) is 5.92 Å². The molecule has 0 aromatic heterocycles. The van der Waals surface area contributed by atoms with Gasteiger partial charge in [-0.2, -0.15) is 0 Å². The highest BCUT2D eigenvalue weighted by Gasteiger charge is 2.56. The Balaban J connectivity index is 1.25. The Morgan fingerprint density at radius 3 is 1.96 bits per heavy atom. The number of hydrogen-bond donors (Lipinski definition) is 0. The van der Waals surface area contributed by atoms with Gasteiger partial charge < -0.3 is 4.90 Å². The third kappa shape index (κ3) is 3.73. The van der Waals surface area contributed by atoms with Gasteiger partial charge in [0.05, 0.1) is 5.54 Å². The first-order chi connectivity index (χ1) is 23.1. The number of hydrogen-bond acceptors (Lipinski definition) is 1. The van der Waals surface area contributed by atoms with Crippen molar-refractivity contribution in [3.63, 3.8) is 0 Å². The molecule has 1 heterocycles. The summed E-state index contributed by atoms with van der Waals surface area (Å²) in [4.78, 5) is 2.65. The highest BCUT2D eigenvalue weighted by Crippen LogP contribution is 2.63. The second-order valence-electron chi connectivity index (χ2n) is 15.5. The molecule has 9 rings (SSSR count). The molecular weight excluding hydrogens is 579 g/mol. The van der Waals surface area contributed by atoms with Crippen molar-refractivity contribution in [1.82, 2.24) is 0 Å². The fraction of sp³-hybridized carbons (Fsp3) is 0.234. The van der Waals surface area contributed by atoms with Gasteiger partial charge in [0.2, 0.25) is 0 Å². The predicted octanol–water partition coefficient (Wildman–Crippen LogP) is 11.9. The topological polar surface area (TPSA) is 3.24 Å². The van der Waals surface area contributed by atoms with E-state index < -0.39 is 0 Å². The molecule has 1 nitrogen and oxygen atoms in total. The fourth-order valence-electron chi connectivity index (χ4n) is 9.96. The van der Waals surface area contributed by atoms with E-state index in [0.717, 1.165) is 0 Å². The van der Waals surface area contributed by atoms with Crippen molar-refractivity contribution >= 4 is 11.4 Å². The van der Waals surface area contributed by atoms with Crippen molar-refractivity contribution in [2.75, 3.05) is 4.90 Å².